The van der Waals surface area contributed by atoms with Gasteiger partial charge in [0.1, 0.15) is 6.10 Å². The number of amides is 2. The summed E-state index contributed by atoms with van der Waals surface area (Å²) in [6.45, 7) is 4.15. The number of halogens is 9. The first kappa shape index (κ1) is 32.7. The van der Waals surface area contributed by atoms with Gasteiger partial charge in [-0.1, -0.05) is 6.92 Å². The minimum Gasteiger partial charge on any atom is -0.452 e. The molecule has 0 aliphatic carbocycles. The van der Waals surface area contributed by atoms with E-state index in [1.54, 1.807) is 13.8 Å². The van der Waals surface area contributed by atoms with Crippen molar-refractivity contribution in [2.24, 2.45) is 0 Å². The van der Waals surface area contributed by atoms with Gasteiger partial charge < -0.3 is 9.47 Å². The Labute approximate surface area is 234 Å². The van der Waals surface area contributed by atoms with Gasteiger partial charge in [-0.15, -0.1) is 0 Å². The maximum absolute atomic E-state index is 13.4. The van der Waals surface area contributed by atoms with Gasteiger partial charge in [-0.05, 0) is 67.8 Å². The molecule has 0 saturated carbocycles. The minimum absolute atomic E-state index is 0.0144. The summed E-state index contributed by atoms with van der Waals surface area (Å²) >= 11 is 0. The van der Waals surface area contributed by atoms with Gasteiger partial charge in [0.05, 0.1) is 36.5 Å². The average molecular weight is 615 g/mol. The Balaban J connectivity index is 2.08. The van der Waals surface area contributed by atoms with Crippen LogP contribution in [0.15, 0.2) is 36.4 Å². The van der Waals surface area contributed by atoms with Crippen molar-refractivity contribution in [2.45, 2.75) is 70.6 Å². The molecule has 232 valence electrons. The summed E-state index contributed by atoms with van der Waals surface area (Å²) < 4.78 is 130. The number of nitrogens with one attached hydrogen (secondary N) is 1. The summed E-state index contributed by atoms with van der Waals surface area (Å²) in [7, 11) is 1.09. The molecule has 3 rings (SSSR count). The SMILES string of the molecule is CCC(C)N(C(=O)OC)c1ccc(NC(F)(F)F)cc1CN1C(=O)O[C@H](c2cc(C(F)(F)F)cc(C(F)(F)F)c2)[C@@H]1C. The largest absolute Gasteiger partial charge is 0.482 e. The predicted octanol–water partition coefficient (Wildman–Crippen LogP) is 8.11. The van der Waals surface area contributed by atoms with Gasteiger partial charge in [-0.3, -0.25) is 15.1 Å². The Hall–Kier alpha value is -3.85. The van der Waals surface area contributed by atoms with Crippen LogP contribution in [-0.2, 0) is 28.4 Å². The zero-order valence-electron chi connectivity index (χ0n) is 22.5. The summed E-state index contributed by atoms with van der Waals surface area (Å²) in [6, 6.07) is 2.36. The lowest BCUT2D eigenvalue weighted by Gasteiger charge is -2.31. The van der Waals surface area contributed by atoms with Crippen LogP contribution in [0.1, 0.15) is 55.5 Å². The van der Waals surface area contributed by atoms with Crippen molar-refractivity contribution >= 4 is 23.6 Å². The summed E-state index contributed by atoms with van der Waals surface area (Å²) in [5.74, 6) is 0. The van der Waals surface area contributed by atoms with E-state index in [1.807, 2.05) is 0 Å². The number of anilines is 2. The number of carbonyl (C=O) groups excluding carboxylic acids is 2. The standard InChI is InChI=1S/C26H26F9N3O4/c1-5-13(2)38(23(40)41-4)20-7-6-19(36-26(33,34)35)10-16(20)12-37-14(3)21(42-22(37)39)15-8-17(24(27,28)29)11-18(9-15)25(30,31)32/h6-11,13-14,21,36H,5,12H2,1-4H3/t13?,14-,21-/m0/s1. The van der Waals surface area contributed by atoms with Crippen molar-refractivity contribution < 1.29 is 58.6 Å². The van der Waals surface area contributed by atoms with E-state index in [-0.39, 0.29) is 17.3 Å². The van der Waals surface area contributed by atoms with Crippen molar-refractivity contribution in [1.82, 2.24) is 4.90 Å². The number of rotatable bonds is 7. The molecule has 2 aromatic carbocycles. The minimum atomic E-state index is -5.14. The average Bonchev–Trinajstić information content (AvgIpc) is 3.15. The fourth-order valence-electron chi connectivity index (χ4n) is 4.47. The Morgan fingerprint density at radius 3 is 2.07 bits per heavy atom. The predicted molar refractivity (Wildman–Crippen MR) is 131 cm³/mol. The molecule has 1 N–H and O–H groups in total. The molecule has 16 heteroatoms. The zero-order valence-corrected chi connectivity index (χ0v) is 22.5. The van der Waals surface area contributed by atoms with Gasteiger partial charge in [0, 0.05) is 11.7 Å². The fraction of sp³-hybridized carbons (Fsp3) is 0.462. The third kappa shape index (κ3) is 7.31. The molecular weight excluding hydrogens is 589 g/mol. The molecule has 0 spiro atoms. The number of nitrogens with zero attached hydrogens (tertiary/aromatic N) is 2. The van der Waals surface area contributed by atoms with Crippen LogP contribution < -0.4 is 10.2 Å². The van der Waals surface area contributed by atoms with Gasteiger partial charge in [0.2, 0.25) is 0 Å². The van der Waals surface area contributed by atoms with E-state index in [0.717, 1.165) is 29.0 Å². The van der Waals surface area contributed by atoms with E-state index >= 15 is 0 Å². The molecular formula is C26H26F9N3O4. The summed E-state index contributed by atoms with van der Waals surface area (Å²) in [4.78, 5) is 27.6. The maximum Gasteiger partial charge on any atom is 0.482 e. The molecule has 1 fully saturated rings. The highest BCUT2D eigenvalue weighted by molar-refractivity contribution is 5.90. The maximum atomic E-state index is 13.4. The van der Waals surface area contributed by atoms with Crippen LogP contribution in [0.2, 0.25) is 0 Å². The quantitative estimate of drug-likeness (QED) is 0.252. The van der Waals surface area contributed by atoms with Gasteiger partial charge in [0.25, 0.3) is 0 Å². The number of methoxy groups -OCH3 is 1. The van der Waals surface area contributed by atoms with Crippen molar-refractivity contribution in [3.05, 3.63) is 58.7 Å². The van der Waals surface area contributed by atoms with Gasteiger partial charge in [-0.25, -0.2) is 9.59 Å². The van der Waals surface area contributed by atoms with Gasteiger partial charge in [-0.2, -0.15) is 39.5 Å². The first-order valence-electron chi connectivity index (χ1n) is 12.4. The molecule has 1 aliphatic heterocycles. The number of alkyl halides is 9. The third-order valence-electron chi connectivity index (χ3n) is 6.70. The van der Waals surface area contributed by atoms with E-state index in [4.69, 9.17) is 9.47 Å². The lowest BCUT2D eigenvalue weighted by atomic mass is 9.97. The Kier molecular flexibility index (Phi) is 9.17. The molecule has 0 radical (unpaired) electrons. The molecule has 1 saturated heterocycles. The van der Waals surface area contributed by atoms with Crippen LogP contribution in [0.5, 0.6) is 0 Å². The molecule has 3 atom stereocenters. The highest BCUT2D eigenvalue weighted by Crippen LogP contribution is 2.42. The Morgan fingerprint density at radius 2 is 1.60 bits per heavy atom. The number of ether oxygens (including phenoxy) is 2. The summed E-state index contributed by atoms with van der Waals surface area (Å²) in [5.41, 5.74) is -4.21. The number of hydrogen-bond donors (Lipinski definition) is 1. The monoisotopic (exact) mass is 615 g/mol. The zero-order chi connectivity index (χ0) is 31.8. The smallest absolute Gasteiger partial charge is 0.452 e. The second kappa shape index (κ2) is 11.8. The van der Waals surface area contributed by atoms with E-state index < -0.39 is 77.9 Å². The van der Waals surface area contributed by atoms with Crippen LogP contribution in [0.3, 0.4) is 0 Å². The molecule has 7 nitrogen and oxygen atoms in total. The van der Waals surface area contributed by atoms with Crippen molar-refractivity contribution in [3.8, 4) is 0 Å². The van der Waals surface area contributed by atoms with Crippen LogP contribution >= 0.6 is 0 Å². The molecule has 0 bridgehead atoms. The highest BCUT2D eigenvalue weighted by Gasteiger charge is 2.44. The van der Waals surface area contributed by atoms with Crippen LogP contribution in [0, 0.1) is 0 Å². The second-order valence-corrected chi connectivity index (χ2v) is 9.58. The van der Waals surface area contributed by atoms with E-state index in [1.165, 1.54) is 18.3 Å². The molecule has 1 aliphatic rings. The molecule has 2 aromatic rings. The van der Waals surface area contributed by atoms with Gasteiger partial charge >= 0.3 is 30.8 Å². The molecule has 2 amide bonds. The van der Waals surface area contributed by atoms with Crippen LogP contribution in [-0.4, -0.2) is 42.6 Å². The van der Waals surface area contributed by atoms with Crippen molar-refractivity contribution in [3.63, 3.8) is 0 Å². The molecule has 1 unspecified atom stereocenters. The first-order valence-corrected chi connectivity index (χ1v) is 12.4. The van der Waals surface area contributed by atoms with Crippen LogP contribution in [0.4, 0.5) is 60.5 Å². The van der Waals surface area contributed by atoms with Crippen LogP contribution in [0.25, 0.3) is 0 Å². The summed E-state index contributed by atoms with van der Waals surface area (Å²) in [6.07, 6.45) is -18.3. The van der Waals surface area contributed by atoms with E-state index in [2.05, 4.69) is 0 Å². The number of carbonyl (C=O) groups is 2. The third-order valence-corrected chi connectivity index (χ3v) is 6.70. The second-order valence-electron chi connectivity index (χ2n) is 9.58. The van der Waals surface area contributed by atoms with Gasteiger partial charge in [0.15, 0.2) is 0 Å². The normalized spacial score (nSPS) is 18.5. The number of benzene rings is 2. The topological polar surface area (TPSA) is 71.1 Å². The fourth-order valence-corrected chi connectivity index (χ4v) is 4.47. The highest BCUT2D eigenvalue weighted by atomic mass is 19.4. The van der Waals surface area contributed by atoms with E-state index in [0.29, 0.717) is 18.6 Å². The molecule has 42 heavy (non-hydrogen) atoms. The lowest BCUT2D eigenvalue weighted by molar-refractivity contribution is -0.143. The Bertz CT molecular complexity index is 1280. The molecule has 0 aromatic heterocycles. The molecule has 1 heterocycles. The lowest BCUT2D eigenvalue weighted by Crippen LogP contribution is -2.40. The number of hydrogen-bond acceptors (Lipinski definition) is 5. The summed E-state index contributed by atoms with van der Waals surface area (Å²) in [5, 5.41) is 1.31. The van der Waals surface area contributed by atoms with Crippen molar-refractivity contribution in [2.75, 3.05) is 17.3 Å². The first-order chi connectivity index (χ1) is 19.3. The Morgan fingerprint density at radius 1 is 1.02 bits per heavy atom. The van der Waals surface area contributed by atoms with Crippen molar-refractivity contribution in [1.29, 1.82) is 0 Å². The van der Waals surface area contributed by atoms with E-state index in [9.17, 15) is 49.1 Å². The number of cyclic esters (lactones) is 1.